The van der Waals surface area contributed by atoms with Crippen LogP contribution in [-0.2, 0) is 28.7 Å². The van der Waals surface area contributed by atoms with Gasteiger partial charge < -0.3 is 19.6 Å². The van der Waals surface area contributed by atoms with Crippen LogP contribution in [0.15, 0.2) is 35.6 Å². The van der Waals surface area contributed by atoms with Crippen molar-refractivity contribution < 1.29 is 31.8 Å². The minimum Gasteiger partial charge on any atom is -0.406 e. The Balaban J connectivity index is 1.60. The largest absolute Gasteiger partial charge is 0.573 e. The number of rotatable bonds is 5. The minimum absolute atomic E-state index is 0.0836. The first-order valence-corrected chi connectivity index (χ1v) is 8.59. The maximum atomic E-state index is 12.1. The maximum Gasteiger partial charge on any atom is 0.573 e. The van der Waals surface area contributed by atoms with Gasteiger partial charge >= 0.3 is 17.3 Å². The monoisotopic (exact) mass is 391 g/mol. The van der Waals surface area contributed by atoms with Gasteiger partial charge in [-0.2, -0.15) is 0 Å². The van der Waals surface area contributed by atoms with Crippen molar-refractivity contribution in [3.8, 4) is 5.75 Å². The summed E-state index contributed by atoms with van der Waals surface area (Å²) in [5.41, 5.74) is 0.604. The van der Waals surface area contributed by atoms with E-state index < -0.39 is 28.2 Å². The van der Waals surface area contributed by atoms with Gasteiger partial charge in [-0.1, -0.05) is 12.1 Å². The molecule has 0 unspecified atom stereocenters. The van der Waals surface area contributed by atoms with Crippen LogP contribution >= 0.6 is 0 Å². The van der Waals surface area contributed by atoms with Gasteiger partial charge in [0.15, 0.2) is 0 Å². The van der Waals surface area contributed by atoms with Gasteiger partial charge in [0.25, 0.3) is 0 Å². The molecule has 0 saturated carbocycles. The zero-order chi connectivity index (χ0) is 18.9. The van der Waals surface area contributed by atoms with Crippen molar-refractivity contribution in [1.82, 2.24) is 9.55 Å². The smallest absolute Gasteiger partial charge is 0.406 e. The van der Waals surface area contributed by atoms with Crippen molar-refractivity contribution in [3.05, 3.63) is 46.1 Å². The normalized spacial score (nSPS) is 19.8. The van der Waals surface area contributed by atoms with E-state index in [0.717, 1.165) is 0 Å². The minimum atomic E-state index is -4.75. The average molecular weight is 391 g/mol. The summed E-state index contributed by atoms with van der Waals surface area (Å²) in [6.07, 6.45) is -4.02. The summed E-state index contributed by atoms with van der Waals surface area (Å²) in [6, 6.07) is 5.19. The summed E-state index contributed by atoms with van der Waals surface area (Å²) in [4.78, 5) is 13.8. The van der Waals surface area contributed by atoms with E-state index in [4.69, 9.17) is 4.74 Å². The Kier molecular flexibility index (Phi) is 4.96. The Morgan fingerprint density at radius 3 is 2.65 bits per heavy atom. The van der Waals surface area contributed by atoms with Gasteiger partial charge in [0.2, 0.25) is 0 Å². The van der Waals surface area contributed by atoms with E-state index >= 15 is 0 Å². The fourth-order valence-electron chi connectivity index (χ4n) is 2.40. The number of hydrogen-bond donors (Lipinski definition) is 0. The molecule has 1 aromatic heterocycles. The molecule has 3 rings (SSSR count). The highest BCUT2D eigenvalue weighted by molar-refractivity contribution is 7.84. The lowest BCUT2D eigenvalue weighted by molar-refractivity contribution is -0.389. The number of alkyl halides is 3. The molecule has 140 valence electrons. The van der Waals surface area contributed by atoms with Crippen LogP contribution in [0.3, 0.4) is 0 Å². The number of nitro groups is 1. The van der Waals surface area contributed by atoms with Gasteiger partial charge in [0.05, 0.1) is 25.0 Å². The topological polar surface area (TPSA) is 96.5 Å². The molecule has 8 nitrogen and oxygen atoms in total. The van der Waals surface area contributed by atoms with Gasteiger partial charge in [-0.3, -0.25) is 4.57 Å². The van der Waals surface area contributed by atoms with Crippen LogP contribution in [0, 0.1) is 10.1 Å². The number of halogens is 3. The molecule has 12 heteroatoms. The molecular formula is C14H12F3N3O5S. The second kappa shape index (κ2) is 7.03. The second-order valence-corrected chi connectivity index (χ2v) is 6.82. The number of fused-ring (bicyclic) bond motifs is 1. The summed E-state index contributed by atoms with van der Waals surface area (Å²) in [5.74, 6) is -0.590. The molecule has 0 N–H and O–H groups in total. The zero-order valence-electron chi connectivity index (χ0n) is 13.0. The highest BCUT2D eigenvalue weighted by atomic mass is 32.2. The highest BCUT2D eigenvalue weighted by Gasteiger charge is 2.33. The second-order valence-electron chi connectivity index (χ2n) is 5.43. The third-order valence-corrected chi connectivity index (χ3v) is 4.91. The molecule has 0 saturated heterocycles. The Bertz CT molecular complexity index is 837. The number of hydrogen-bond acceptors (Lipinski definition) is 6. The summed E-state index contributed by atoms with van der Waals surface area (Å²) >= 11 is 0. The predicted octanol–water partition coefficient (Wildman–Crippen LogP) is 2.40. The lowest BCUT2D eigenvalue weighted by Gasteiger charge is -2.21. The molecule has 1 aliphatic rings. The van der Waals surface area contributed by atoms with E-state index in [9.17, 15) is 27.5 Å². The standard InChI is InChI=1S/C14H12F3N3O5S/c15-14(16,17)25-10-3-1-9(2-4-10)7-24-11-5-19-6-12(20(21)22)18-13(19)26(23)8-11/h1-4,6,11H,5,7-8H2/t11-,26-/m1/s1. The van der Waals surface area contributed by atoms with Crippen LogP contribution in [0.25, 0.3) is 0 Å². The maximum absolute atomic E-state index is 12.1. The quantitative estimate of drug-likeness (QED) is 0.574. The van der Waals surface area contributed by atoms with Crippen LogP contribution in [0.4, 0.5) is 19.0 Å². The molecule has 2 atom stereocenters. The first-order valence-electron chi connectivity index (χ1n) is 7.27. The number of benzene rings is 1. The molecule has 0 radical (unpaired) electrons. The average Bonchev–Trinajstić information content (AvgIpc) is 2.98. The van der Waals surface area contributed by atoms with E-state index in [1.165, 1.54) is 35.0 Å². The number of nitrogens with zero attached hydrogens (tertiary/aromatic N) is 3. The summed E-state index contributed by atoms with van der Waals surface area (Å²) in [5, 5.41) is 10.9. The van der Waals surface area contributed by atoms with E-state index in [0.29, 0.717) is 5.56 Å². The van der Waals surface area contributed by atoms with Crippen molar-refractivity contribution in [2.75, 3.05) is 5.75 Å². The lowest BCUT2D eigenvalue weighted by Crippen LogP contribution is -2.32. The van der Waals surface area contributed by atoms with Crippen LogP contribution in [0.5, 0.6) is 5.75 Å². The summed E-state index contributed by atoms with van der Waals surface area (Å²) in [6.45, 7) is 0.331. The van der Waals surface area contributed by atoms with Crippen LogP contribution in [-0.4, -0.2) is 36.9 Å². The first kappa shape index (κ1) is 18.3. The van der Waals surface area contributed by atoms with Crippen molar-refractivity contribution in [1.29, 1.82) is 0 Å². The Morgan fingerprint density at radius 2 is 2.04 bits per heavy atom. The van der Waals surface area contributed by atoms with E-state index in [2.05, 4.69) is 9.72 Å². The lowest BCUT2D eigenvalue weighted by atomic mass is 10.2. The zero-order valence-corrected chi connectivity index (χ0v) is 13.8. The highest BCUT2D eigenvalue weighted by Crippen LogP contribution is 2.24. The predicted molar refractivity (Wildman–Crippen MR) is 81.9 cm³/mol. The molecule has 0 fully saturated rings. The van der Waals surface area contributed by atoms with Gasteiger partial charge in [-0.05, 0) is 27.6 Å². The molecule has 0 aliphatic carbocycles. The third kappa shape index (κ3) is 4.38. The summed E-state index contributed by atoms with van der Waals surface area (Å²) < 4.78 is 59.3. The molecule has 0 amide bonds. The van der Waals surface area contributed by atoms with Gasteiger partial charge in [0, 0.05) is 0 Å². The van der Waals surface area contributed by atoms with E-state index in [1.54, 1.807) is 0 Å². The molecule has 0 spiro atoms. The molecular weight excluding hydrogens is 379 g/mol. The van der Waals surface area contributed by atoms with Gasteiger partial charge in [-0.15, -0.1) is 13.2 Å². The molecule has 26 heavy (non-hydrogen) atoms. The van der Waals surface area contributed by atoms with E-state index in [1.807, 2.05) is 0 Å². The number of aromatic nitrogens is 2. The van der Waals surface area contributed by atoms with Gasteiger partial charge in [0.1, 0.15) is 22.7 Å². The van der Waals surface area contributed by atoms with Crippen LogP contribution in [0.1, 0.15) is 5.56 Å². The molecule has 0 bridgehead atoms. The first-order chi connectivity index (χ1) is 12.2. The molecule has 2 heterocycles. The number of ether oxygens (including phenoxy) is 2. The van der Waals surface area contributed by atoms with Crippen molar-refractivity contribution in [2.45, 2.75) is 30.8 Å². The molecule has 1 aromatic carbocycles. The fourth-order valence-corrected chi connectivity index (χ4v) is 3.68. The Labute approximate surface area is 147 Å². The molecule has 1 aliphatic heterocycles. The van der Waals surface area contributed by atoms with Crippen molar-refractivity contribution in [2.24, 2.45) is 0 Å². The Hall–Kier alpha value is -2.47. The van der Waals surface area contributed by atoms with Crippen molar-refractivity contribution >= 4 is 16.6 Å². The van der Waals surface area contributed by atoms with E-state index in [-0.39, 0.29) is 35.6 Å². The fraction of sp³-hybridized carbons (Fsp3) is 0.357. The Morgan fingerprint density at radius 1 is 1.35 bits per heavy atom. The van der Waals surface area contributed by atoms with Crippen molar-refractivity contribution in [3.63, 3.8) is 0 Å². The molecule has 2 aromatic rings. The summed E-state index contributed by atoms with van der Waals surface area (Å²) in [7, 11) is -1.54. The van der Waals surface area contributed by atoms with Crippen LogP contribution in [0.2, 0.25) is 0 Å². The number of imidazole rings is 1. The SMILES string of the molecule is O=[N+]([O-])c1cn2c(n1)[S@](=O)C[C@H](OCc1ccc(OC(F)(F)F)cc1)C2. The van der Waals surface area contributed by atoms with Gasteiger partial charge in [-0.25, -0.2) is 4.21 Å². The van der Waals surface area contributed by atoms with Crippen LogP contribution < -0.4 is 4.74 Å². The third-order valence-electron chi connectivity index (χ3n) is 3.50.